The molecule has 0 bridgehead atoms. The number of esters is 2. The zero-order valence-electron chi connectivity index (χ0n) is 13.9. The molecular weight excluding hydrogens is 360 g/mol. The highest BCUT2D eigenvalue weighted by molar-refractivity contribution is 6.31. The van der Waals surface area contributed by atoms with Crippen molar-refractivity contribution in [3.63, 3.8) is 0 Å². The highest BCUT2D eigenvalue weighted by atomic mass is 16.6. The van der Waals surface area contributed by atoms with Gasteiger partial charge in [0.15, 0.2) is 5.78 Å². The lowest BCUT2D eigenvalue weighted by molar-refractivity contribution is -0.191. The van der Waals surface area contributed by atoms with Crippen LogP contribution in [0.25, 0.3) is 0 Å². The van der Waals surface area contributed by atoms with E-state index >= 15 is 0 Å². The van der Waals surface area contributed by atoms with Crippen LogP contribution in [0, 0.1) is 0 Å². The van der Waals surface area contributed by atoms with Gasteiger partial charge in [-0.1, -0.05) is 6.92 Å². The van der Waals surface area contributed by atoms with Gasteiger partial charge in [0.25, 0.3) is 11.7 Å². The van der Waals surface area contributed by atoms with E-state index < -0.39 is 66.7 Å². The molecule has 0 saturated heterocycles. The van der Waals surface area contributed by atoms with Crippen LogP contribution in [0.4, 0.5) is 0 Å². The van der Waals surface area contributed by atoms with Crippen LogP contribution in [0.15, 0.2) is 0 Å². The number of carbonyl (C=O) groups excluding carboxylic acids is 4. The van der Waals surface area contributed by atoms with Gasteiger partial charge in [-0.3, -0.25) is 9.59 Å². The van der Waals surface area contributed by atoms with Crippen molar-refractivity contribution in [3.8, 4) is 0 Å². The molecule has 0 aromatic carbocycles. The minimum absolute atomic E-state index is 0. The largest absolute Gasteiger partial charge is 0.478 e. The molecule has 0 rings (SSSR count). The first-order chi connectivity index (χ1) is 11.1. The molecule has 12 N–H and O–H groups in total. The summed E-state index contributed by atoms with van der Waals surface area (Å²) in [5, 5.41) is 17.8. The molecule has 14 heteroatoms. The first-order valence-electron chi connectivity index (χ1n) is 6.43. The molecule has 0 amide bonds. The molecule has 0 aliphatic carbocycles. The fourth-order valence-electron chi connectivity index (χ4n) is 1.52. The van der Waals surface area contributed by atoms with Gasteiger partial charge in [-0.2, -0.15) is 0 Å². The molecule has 26 heavy (non-hydrogen) atoms. The number of carbonyl (C=O) groups is 6. The van der Waals surface area contributed by atoms with E-state index in [9.17, 15) is 28.8 Å². The minimum Gasteiger partial charge on any atom is -0.478 e. The molecule has 0 spiro atoms. The van der Waals surface area contributed by atoms with E-state index in [-0.39, 0.29) is 12.3 Å². The molecular formula is C12H22N4O10. The standard InChI is InChI=1S/C12H16N2O10.2H3N/c1-2-12(11(21)22,6(16)4-14)24-10(20)9(19)23-7(8(17)18)5(15)3-13;;/h7H,2-4,13-14H2,1H3,(H,17,18)(H,21,22);2*1H3. The molecule has 150 valence electrons. The summed E-state index contributed by atoms with van der Waals surface area (Å²) >= 11 is 0. The summed E-state index contributed by atoms with van der Waals surface area (Å²) in [6.45, 7) is -0.414. The van der Waals surface area contributed by atoms with Gasteiger partial charge in [0, 0.05) is 6.42 Å². The molecule has 0 aliphatic heterocycles. The Morgan fingerprint density at radius 1 is 0.962 bits per heavy atom. The van der Waals surface area contributed by atoms with Crippen molar-refractivity contribution in [2.24, 2.45) is 11.5 Å². The topological polar surface area (TPSA) is 283 Å². The van der Waals surface area contributed by atoms with Crippen molar-refractivity contribution in [1.29, 1.82) is 0 Å². The van der Waals surface area contributed by atoms with Crippen molar-refractivity contribution in [3.05, 3.63) is 0 Å². The first-order valence-corrected chi connectivity index (χ1v) is 6.43. The van der Waals surface area contributed by atoms with Gasteiger partial charge in [-0.25, -0.2) is 19.2 Å². The Kier molecular flexibility index (Phi) is 12.4. The Bertz CT molecular complexity index is 578. The smallest absolute Gasteiger partial charge is 0.419 e. The zero-order valence-corrected chi connectivity index (χ0v) is 13.9. The Hall–Kier alpha value is -2.94. The summed E-state index contributed by atoms with van der Waals surface area (Å²) in [7, 11) is 0. The van der Waals surface area contributed by atoms with Gasteiger partial charge >= 0.3 is 23.9 Å². The van der Waals surface area contributed by atoms with E-state index in [1.54, 1.807) is 0 Å². The van der Waals surface area contributed by atoms with E-state index in [4.69, 9.17) is 21.7 Å². The molecule has 0 aromatic rings. The lowest BCUT2D eigenvalue weighted by atomic mass is 9.95. The van der Waals surface area contributed by atoms with E-state index in [2.05, 4.69) is 9.47 Å². The van der Waals surface area contributed by atoms with Crippen molar-refractivity contribution < 1.29 is 48.5 Å². The van der Waals surface area contributed by atoms with E-state index in [0.717, 1.165) is 0 Å². The fraction of sp³-hybridized carbons (Fsp3) is 0.500. The fourth-order valence-corrected chi connectivity index (χ4v) is 1.52. The van der Waals surface area contributed by atoms with Crippen LogP contribution in [0.5, 0.6) is 0 Å². The number of aliphatic carboxylic acids is 2. The lowest BCUT2D eigenvalue weighted by Gasteiger charge is -2.25. The number of rotatable bonds is 9. The summed E-state index contributed by atoms with van der Waals surface area (Å²) in [6.07, 6.45) is -2.93. The summed E-state index contributed by atoms with van der Waals surface area (Å²) in [4.78, 5) is 68.0. The van der Waals surface area contributed by atoms with E-state index in [1.807, 2.05) is 0 Å². The first kappa shape index (κ1) is 27.9. The normalized spacial score (nSPS) is 12.9. The molecule has 2 unspecified atom stereocenters. The number of ether oxygens (including phenoxy) is 2. The third kappa shape index (κ3) is 6.17. The highest BCUT2D eigenvalue weighted by Gasteiger charge is 2.49. The van der Waals surface area contributed by atoms with E-state index in [1.165, 1.54) is 6.92 Å². The van der Waals surface area contributed by atoms with Crippen molar-refractivity contribution in [2.45, 2.75) is 25.0 Å². The van der Waals surface area contributed by atoms with Crippen molar-refractivity contribution >= 4 is 35.4 Å². The molecule has 0 heterocycles. The number of carboxylic acids is 2. The minimum atomic E-state index is -2.73. The van der Waals surface area contributed by atoms with Gasteiger partial charge in [0.05, 0.1) is 13.1 Å². The summed E-state index contributed by atoms with van der Waals surface area (Å²) in [6, 6.07) is 0. The summed E-state index contributed by atoms with van der Waals surface area (Å²) in [5.41, 5.74) is 7.24. The number of ketones is 2. The zero-order chi connectivity index (χ0) is 19.1. The molecule has 0 saturated carbocycles. The Morgan fingerprint density at radius 2 is 1.46 bits per heavy atom. The van der Waals surface area contributed by atoms with Crippen LogP contribution in [0.3, 0.4) is 0 Å². The van der Waals surface area contributed by atoms with Crippen LogP contribution in [0.2, 0.25) is 0 Å². The SMILES string of the molecule is CCC(OC(=O)C(=O)OC(C(=O)O)C(=O)CN)(C(=O)O)C(=O)CN.N.N. The number of hydrogen-bond donors (Lipinski definition) is 6. The van der Waals surface area contributed by atoms with Crippen LogP contribution >= 0.6 is 0 Å². The van der Waals surface area contributed by atoms with Gasteiger partial charge in [0.1, 0.15) is 0 Å². The summed E-state index contributed by atoms with van der Waals surface area (Å²) in [5.74, 6) is -10.2. The number of carboxylic acid groups (broad SMARTS) is 2. The quantitative estimate of drug-likeness (QED) is 0.133. The lowest BCUT2D eigenvalue weighted by Crippen LogP contribution is -2.53. The van der Waals surface area contributed by atoms with Crippen LogP contribution < -0.4 is 23.8 Å². The van der Waals surface area contributed by atoms with E-state index in [0.29, 0.717) is 0 Å². The number of hydrogen-bond acceptors (Lipinski definition) is 12. The molecule has 0 radical (unpaired) electrons. The Labute approximate surface area is 146 Å². The highest BCUT2D eigenvalue weighted by Crippen LogP contribution is 2.19. The number of Topliss-reactive ketones (excluding diaryl/α,β-unsaturated/α-hetero) is 2. The molecule has 0 aromatic heterocycles. The maximum absolute atomic E-state index is 11.6. The van der Waals surface area contributed by atoms with Crippen LogP contribution in [-0.2, 0) is 38.2 Å². The second-order valence-electron chi connectivity index (χ2n) is 4.30. The average molecular weight is 382 g/mol. The molecule has 2 atom stereocenters. The second-order valence-corrected chi connectivity index (χ2v) is 4.30. The predicted octanol–water partition coefficient (Wildman–Crippen LogP) is -2.86. The summed E-state index contributed by atoms with van der Waals surface area (Å²) < 4.78 is 8.51. The molecule has 0 fully saturated rings. The van der Waals surface area contributed by atoms with Crippen LogP contribution in [-0.4, -0.2) is 70.5 Å². The third-order valence-electron chi connectivity index (χ3n) is 2.86. The molecule has 0 aliphatic rings. The van der Waals surface area contributed by atoms with Gasteiger partial charge in [-0.05, 0) is 0 Å². The van der Waals surface area contributed by atoms with Crippen molar-refractivity contribution in [1.82, 2.24) is 12.3 Å². The molecule has 14 nitrogen and oxygen atoms in total. The van der Waals surface area contributed by atoms with Crippen LogP contribution in [0.1, 0.15) is 13.3 Å². The maximum atomic E-state index is 11.6. The number of nitrogens with two attached hydrogens (primary N) is 2. The maximum Gasteiger partial charge on any atom is 0.419 e. The van der Waals surface area contributed by atoms with Gasteiger partial charge in [-0.15, -0.1) is 0 Å². The van der Waals surface area contributed by atoms with Crippen molar-refractivity contribution in [2.75, 3.05) is 13.1 Å². The predicted molar refractivity (Wildman–Crippen MR) is 82.4 cm³/mol. The second kappa shape index (κ2) is 11.6. The Morgan fingerprint density at radius 3 is 1.77 bits per heavy atom. The third-order valence-corrected chi connectivity index (χ3v) is 2.86. The monoisotopic (exact) mass is 382 g/mol. The average Bonchev–Trinajstić information content (AvgIpc) is 2.54. The Balaban J connectivity index is -0.00000264. The van der Waals surface area contributed by atoms with Gasteiger partial charge in [0.2, 0.25) is 5.78 Å². The van der Waals surface area contributed by atoms with Gasteiger partial charge < -0.3 is 43.5 Å².